The molecule has 3 aromatic heterocycles. The molecule has 180 valence electrons. The molecule has 4 aromatic rings. The second kappa shape index (κ2) is 8.75. The van der Waals surface area contributed by atoms with E-state index in [4.69, 9.17) is 0 Å². The summed E-state index contributed by atoms with van der Waals surface area (Å²) in [5.74, 6) is 0.0704. The second-order valence-corrected chi connectivity index (χ2v) is 8.88. The van der Waals surface area contributed by atoms with Gasteiger partial charge in [-0.05, 0) is 67.6 Å². The number of alkyl halides is 3. The normalized spacial score (nSPS) is 15.7. The first-order chi connectivity index (χ1) is 16.8. The molecule has 0 amide bonds. The largest absolute Gasteiger partial charge is 0.435 e. The van der Waals surface area contributed by atoms with Gasteiger partial charge in [0.05, 0.1) is 29.1 Å². The highest BCUT2D eigenvalue weighted by Crippen LogP contribution is 2.45. The Bertz CT molecular complexity index is 1360. The van der Waals surface area contributed by atoms with Crippen LogP contribution in [0.25, 0.3) is 22.4 Å². The molecule has 0 unspecified atom stereocenters. The Morgan fingerprint density at radius 3 is 2.49 bits per heavy atom. The smallest absolute Gasteiger partial charge is 0.367 e. The molecule has 1 aliphatic rings. The van der Waals surface area contributed by atoms with Crippen LogP contribution in [-0.2, 0) is 11.0 Å². The van der Waals surface area contributed by atoms with Gasteiger partial charge in [0, 0.05) is 24.3 Å². The van der Waals surface area contributed by atoms with Crippen LogP contribution in [-0.4, -0.2) is 38.5 Å². The van der Waals surface area contributed by atoms with Crippen LogP contribution in [0.1, 0.15) is 35.8 Å². The summed E-state index contributed by atoms with van der Waals surface area (Å²) in [4.78, 5) is 26.4. The van der Waals surface area contributed by atoms with Gasteiger partial charge in [-0.3, -0.25) is 4.98 Å². The van der Waals surface area contributed by atoms with Gasteiger partial charge < -0.3 is 14.7 Å². The van der Waals surface area contributed by atoms with E-state index in [1.54, 1.807) is 12.4 Å². The molecule has 0 bridgehead atoms. The fourth-order valence-corrected chi connectivity index (χ4v) is 4.55. The number of hydrogen-bond donors (Lipinski definition) is 1. The zero-order chi connectivity index (χ0) is 24.7. The van der Waals surface area contributed by atoms with Crippen molar-refractivity contribution in [1.29, 1.82) is 0 Å². The van der Waals surface area contributed by atoms with Crippen molar-refractivity contribution in [2.75, 3.05) is 11.9 Å². The molecule has 1 N–H and O–H groups in total. The molecule has 7 nitrogen and oxygen atoms in total. The third-order valence-corrected chi connectivity index (χ3v) is 6.58. The van der Waals surface area contributed by atoms with Gasteiger partial charge in [0.2, 0.25) is 0 Å². The Hall–Kier alpha value is -3.82. The highest BCUT2D eigenvalue weighted by Gasteiger charge is 2.40. The van der Waals surface area contributed by atoms with Crippen LogP contribution in [0.4, 0.5) is 18.9 Å². The van der Waals surface area contributed by atoms with E-state index >= 15 is 0 Å². The summed E-state index contributed by atoms with van der Waals surface area (Å²) in [5.41, 5.74) is 3.83. The molecule has 1 saturated carbocycles. The van der Waals surface area contributed by atoms with Crippen molar-refractivity contribution in [1.82, 2.24) is 25.1 Å². The summed E-state index contributed by atoms with van der Waals surface area (Å²) < 4.78 is 38.5. The highest BCUT2D eigenvalue weighted by molar-refractivity contribution is 5.79. The minimum atomic E-state index is -4.55. The van der Waals surface area contributed by atoms with Crippen LogP contribution < -0.4 is 4.90 Å². The minimum Gasteiger partial charge on any atom is -0.367 e. The SMILES string of the molecule is Cc1nc(-c2ccc(C(F)(F)F)nn2)ccc1[C@H]([C@@H](C=O)C1CC1)N(C)c1ccc2[nH]cnc2c1. The minimum absolute atomic E-state index is 0.230. The number of rotatable bonds is 7. The number of anilines is 1. The van der Waals surface area contributed by atoms with Gasteiger partial charge in [-0.25, -0.2) is 4.98 Å². The molecule has 5 rings (SSSR count). The van der Waals surface area contributed by atoms with E-state index in [1.807, 2.05) is 38.2 Å². The number of carbonyl (C=O) groups is 1. The Kier molecular flexibility index (Phi) is 5.74. The third kappa shape index (κ3) is 4.48. The van der Waals surface area contributed by atoms with E-state index in [1.165, 1.54) is 6.07 Å². The fraction of sp³-hybridized carbons (Fsp3) is 0.320. The molecular weight excluding hydrogens is 457 g/mol. The lowest BCUT2D eigenvalue weighted by Crippen LogP contribution is -2.33. The Morgan fingerprint density at radius 1 is 1.09 bits per heavy atom. The van der Waals surface area contributed by atoms with Crippen LogP contribution in [0.2, 0.25) is 0 Å². The van der Waals surface area contributed by atoms with Crippen LogP contribution in [0.15, 0.2) is 48.8 Å². The van der Waals surface area contributed by atoms with E-state index < -0.39 is 11.9 Å². The van der Waals surface area contributed by atoms with Gasteiger partial charge in [-0.2, -0.15) is 13.2 Å². The van der Waals surface area contributed by atoms with Crippen molar-refractivity contribution >= 4 is 23.0 Å². The van der Waals surface area contributed by atoms with E-state index in [0.29, 0.717) is 17.3 Å². The van der Waals surface area contributed by atoms with Crippen molar-refractivity contribution in [3.63, 3.8) is 0 Å². The number of imidazole rings is 1. The topological polar surface area (TPSA) is 87.7 Å². The number of aromatic nitrogens is 5. The number of hydrogen-bond acceptors (Lipinski definition) is 6. The van der Waals surface area contributed by atoms with Crippen molar-refractivity contribution in [3.05, 3.63) is 65.7 Å². The van der Waals surface area contributed by atoms with Crippen LogP contribution >= 0.6 is 0 Å². The number of nitrogens with one attached hydrogen (secondary N) is 1. The van der Waals surface area contributed by atoms with E-state index in [-0.39, 0.29) is 17.7 Å². The van der Waals surface area contributed by atoms with Crippen molar-refractivity contribution in [3.8, 4) is 11.4 Å². The van der Waals surface area contributed by atoms with E-state index in [2.05, 4.69) is 30.0 Å². The first-order valence-corrected chi connectivity index (χ1v) is 11.3. The van der Waals surface area contributed by atoms with Crippen LogP contribution in [0.3, 0.4) is 0 Å². The first kappa shape index (κ1) is 22.9. The average molecular weight is 480 g/mol. The number of aldehydes is 1. The molecule has 10 heteroatoms. The van der Waals surface area contributed by atoms with Gasteiger partial charge in [-0.15, -0.1) is 10.2 Å². The highest BCUT2D eigenvalue weighted by atomic mass is 19.4. The third-order valence-electron chi connectivity index (χ3n) is 6.58. The lowest BCUT2D eigenvalue weighted by atomic mass is 9.87. The number of halogens is 3. The Balaban J connectivity index is 1.51. The van der Waals surface area contributed by atoms with E-state index in [0.717, 1.165) is 47.5 Å². The lowest BCUT2D eigenvalue weighted by Gasteiger charge is -2.35. The predicted octanol–water partition coefficient (Wildman–Crippen LogP) is 5.14. The maximum Gasteiger partial charge on any atom is 0.435 e. The molecule has 0 aliphatic heterocycles. The number of carbonyl (C=O) groups excluding carboxylic acids is 1. The van der Waals surface area contributed by atoms with Gasteiger partial charge >= 0.3 is 6.18 Å². The fourth-order valence-electron chi connectivity index (χ4n) is 4.55. The van der Waals surface area contributed by atoms with Gasteiger partial charge in [0.25, 0.3) is 0 Å². The maximum absolute atomic E-state index is 12.8. The van der Waals surface area contributed by atoms with Crippen molar-refractivity contribution in [2.45, 2.75) is 32.0 Å². The zero-order valence-corrected chi connectivity index (χ0v) is 19.1. The molecule has 35 heavy (non-hydrogen) atoms. The number of benzene rings is 1. The summed E-state index contributed by atoms with van der Waals surface area (Å²) in [6.45, 7) is 1.84. The molecule has 2 atom stereocenters. The Morgan fingerprint density at radius 2 is 1.86 bits per heavy atom. The quantitative estimate of drug-likeness (QED) is 0.369. The lowest BCUT2D eigenvalue weighted by molar-refractivity contribution is -0.141. The molecule has 0 saturated heterocycles. The summed E-state index contributed by atoms with van der Waals surface area (Å²) in [7, 11) is 1.95. The maximum atomic E-state index is 12.8. The predicted molar refractivity (Wildman–Crippen MR) is 125 cm³/mol. The summed E-state index contributed by atoms with van der Waals surface area (Å²) >= 11 is 0. The zero-order valence-electron chi connectivity index (χ0n) is 19.1. The molecule has 0 spiro atoms. The molecule has 1 aromatic carbocycles. The van der Waals surface area contributed by atoms with Crippen LogP contribution in [0, 0.1) is 18.8 Å². The summed E-state index contributed by atoms with van der Waals surface area (Å²) in [6.07, 6.45) is 0.111. The number of aryl methyl sites for hydroxylation is 1. The summed E-state index contributed by atoms with van der Waals surface area (Å²) in [6, 6.07) is 11.4. The number of H-pyrrole nitrogens is 1. The van der Waals surface area contributed by atoms with Gasteiger partial charge in [0.1, 0.15) is 12.0 Å². The number of fused-ring (bicyclic) bond motifs is 1. The first-order valence-electron chi connectivity index (χ1n) is 11.3. The number of pyridine rings is 1. The molecule has 1 fully saturated rings. The average Bonchev–Trinajstić information content (AvgIpc) is 3.57. The standard InChI is InChI=1S/C25H23F3N6O/c1-14-17(6-8-20(31-14)21-9-10-23(33-32-21)25(26,27)28)24(18(12-35)15-3-4-15)34(2)16-5-7-19-22(11-16)30-13-29-19/h5-13,15,18,24H,3-4H2,1-2H3,(H,29,30)/t18-,24+/m0/s1. The Labute approximate surface area is 199 Å². The number of aromatic amines is 1. The van der Waals surface area contributed by atoms with Crippen molar-refractivity contribution < 1.29 is 18.0 Å². The molecule has 0 radical (unpaired) electrons. The molecular formula is C25H23F3N6O. The van der Waals surface area contributed by atoms with Gasteiger partial charge in [0.15, 0.2) is 5.69 Å². The summed E-state index contributed by atoms with van der Waals surface area (Å²) in [5, 5.41) is 7.01. The van der Waals surface area contributed by atoms with E-state index in [9.17, 15) is 18.0 Å². The second-order valence-electron chi connectivity index (χ2n) is 8.88. The molecule has 3 heterocycles. The van der Waals surface area contributed by atoms with Crippen LogP contribution in [0.5, 0.6) is 0 Å². The molecule has 1 aliphatic carbocycles. The van der Waals surface area contributed by atoms with Crippen molar-refractivity contribution in [2.24, 2.45) is 11.8 Å². The number of nitrogens with zero attached hydrogens (tertiary/aromatic N) is 5. The van der Waals surface area contributed by atoms with Gasteiger partial charge in [-0.1, -0.05) is 6.07 Å². The monoisotopic (exact) mass is 480 g/mol.